The lowest BCUT2D eigenvalue weighted by Crippen LogP contribution is -2.47. The van der Waals surface area contributed by atoms with E-state index in [0.717, 1.165) is 19.3 Å². The van der Waals surface area contributed by atoms with E-state index in [2.05, 4.69) is 0 Å². The van der Waals surface area contributed by atoms with E-state index in [1.54, 1.807) is 0 Å². The largest absolute Gasteiger partial charge is 0.227 e. The van der Waals surface area contributed by atoms with Crippen LogP contribution < -0.4 is 0 Å². The Morgan fingerprint density at radius 1 is 1.00 bits per heavy atom. The van der Waals surface area contributed by atoms with E-state index in [0.29, 0.717) is 0 Å². The highest BCUT2D eigenvalue weighted by Crippen LogP contribution is 2.40. The maximum Gasteiger partial charge on any atom is 0.170 e. The lowest BCUT2D eigenvalue weighted by atomic mass is 9.82. The first-order valence-electron chi connectivity index (χ1n) is 6.14. The van der Waals surface area contributed by atoms with Crippen LogP contribution in [0.3, 0.4) is 0 Å². The van der Waals surface area contributed by atoms with Crippen molar-refractivity contribution in [2.45, 2.75) is 50.5 Å². The van der Waals surface area contributed by atoms with Crippen LogP contribution in [0, 0.1) is 5.92 Å². The molecule has 1 aliphatic carbocycles. The molecule has 0 unspecified atom stereocenters. The van der Waals surface area contributed by atoms with Crippen molar-refractivity contribution in [3.8, 4) is 0 Å². The highest BCUT2D eigenvalue weighted by Gasteiger charge is 2.50. The Hall–Kier alpha value is -0.100. The zero-order valence-electron chi connectivity index (χ0n) is 10.8. The van der Waals surface area contributed by atoms with E-state index >= 15 is 0 Å². The Bertz CT molecular complexity index is 424. The third-order valence-corrected chi connectivity index (χ3v) is 9.97. The fourth-order valence-corrected chi connectivity index (χ4v) is 6.73. The molecule has 1 aliphatic rings. The average Bonchev–Trinajstić information content (AvgIpc) is 2.22. The fraction of sp³-hybridized carbons (Fsp3) is 1.00. The minimum atomic E-state index is -3.59. The molecule has 0 radical (unpaired) electrons. The predicted molar refractivity (Wildman–Crippen MR) is 69.3 cm³/mol. The summed E-state index contributed by atoms with van der Waals surface area (Å²) in [4.78, 5) is 0. The number of sulfone groups is 2. The maximum atomic E-state index is 12.1. The number of rotatable bonds is 6. The summed E-state index contributed by atoms with van der Waals surface area (Å²) < 4.78 is 46.9. The van der Waals surface area contributed by atoms with Gasteiger partial charge in [0.2, 0.25) is 0 Å². The Balaban J connectivity index is 3.17. The predicted octanol–water partition coefficient (Wildman–Crippen LogP) is 1.76. The molecule has 0 bridgehead atoms. The smallest absolute Gasteiger partial charge is 0.170 e. The summed E-state index contributed by atoms with van der Waals surface area (Å²) in [6.07, 6.45) is 3.25. The summed E-state index contributed by atoms with van der Waals surface area (Å²) in [6, 6.07) is 0. The summed E-state index contributed by atoms with van der Waals surface area (Å²) >= 11 is 0. The third kappa shape index (κ3) is 2.52. The minimum Gasteiger partial charge on any atom is -0.227 e. The van der Waals surface area contributed by atoms with Crippen LogP contribution in [-0.2, 0) is 19.7 Å². The van der Waals surface area contributed by atoms with Crippen molar-refractivity contribution in [2.24, 2.45) is 5.92 Å². The summed E-state index contributed by atoms with van der Waals surface area (Å²) in [6.45, 7) is 4.42. The summed E-state index contributed by atoms with van der Waals surface area (Å²) in [7, 11) is -7.18. The first-order chi connectivity index (χ1) is 7.70. The second kappa shape index (κ2) is 4.88. The lowest BCUT2D eigenvalue weighted by molar-refractivity contribution is 0.284. The van der Waals surface area contributed by atoms with Crippen LogP contribution >= 0.6 is 0 Å². The van der Waals surface area contributed by atoms with Gasteiger partial charge in [-0.2, -0.15) is 0 Å². The van der Waals surface area contributed by atoms with Gasteiger partial charge >= 0.3 is 0 Å². The SMILES string of the molecule is CCS(=O)(=O)C(C)(CC1CCC1)S(=O)(=O)CC. The first-order valence-corrected chi connectivity index (χ1v) is 9.45. The molecule has 0 aromatic heterocycles. The van der Waals surface area contributed by atoms with Gasteiger partial charge < -0.3 is 0 Å². The summed E-state index contributed by atoms with van der Waals surface area (Å²) in [5.74, 6) is 0.0212. The molecule has 0 spiro atoms. The minimum absolute atomic E-state index is 0.116. The Morgan fingerprint density at radius 2 is 1.41 bits per heavy atom. The standard InChI is InChI=1S/C11H22O4S2/c1-4-16(12,13)11(3,17(14,15)5-2)9-10-7-6-8-10/h10H,4-9H2,1-3H3. The average molecular weight is 282 g/mol. The monoisotopic (exact) mass is 282 g/mol. The molecule has 1 rings (SSSR count). The topological polar surface area (TPSA) is 68.3 Å². The van der Waals surface area contributed by atoms with Gasteiger partial charge in [-0.25, -0.2) is 16.8 Å². The normalized spacial score (nSPS) is 19.0. The fourth-order valence-electron chi connectivity index (χ4n) is 2.28. The van der Waals surface area contributed by atoms with Crippen molar-refractivity contribution >= 4 is 19.7 Å². The molecule has 0 amide bonds. The van der Waals surface area contributed by atoms with E-state index in [4.69, 9.17) is 0 Å². The van der Waals surface area contributed by atoms with Crippen molar-refractivity contribution in [3.63, 3.8) is 0 Å². The lowest BCUT2D eigenvalue weighted by Gasteiger charge is -2.35. The van der Waals surface area contributed by atoms with E-state index in [1.807, 2.05) is 0 Å². The number of hydrogen-bond donors (Lipinski definition) is 0. The zero-order valence-corrected chi connectivity index (χ0v) is 12.4. The van der Waals surface area contributed by atoms with Gasteiger partial charge in [-0.1, -0.05) is 33.1 Å². The Kier molecular flexibility index (Phi) is 4.29. The zero-order chi connectivity index (χ0) is 13.3. The van der Waals surface area contributed by atoms with Gasteiger partial charge in [0.25, 0.3) is 0 Å². The van der Waals surface area contributed by atoms with Crippen molar-refractivity contribution in [3.05, 3.63) is 0 Å². The molecule has 0 aliphatic heterocycles. The molecule has 17 heavy (non-hydrogen) atoms. The van der Waals surface area contributed by atoms with Gasteiger partial charge in [-0.3, -0.25) is 0 Å². The second-order valence-corrected chi connectivity index (χ2v) is 10.6. The van der Waals surface area contributed by atoms with E-state index in [1.165, 1.54) is 20.8 Å². The highest BCUT2D eigenvalue weighted by atomic mass is 32.3. The molecular weight excluding hydrogens is 260 g/mol. The molecule has 0 N–H and O–H groups in total. The van der Waals surface area contributed by atoms with Crippen LogP contribution in [0.5, 0.6) is 0 Å². The van der Waals surface area contributed by atoms with E-state index in [-0.39, 0.29) is 23.8 Å². The molecule has 4 nitrogen and oxygen atoms in total. The molecular formula is C11H22O4S2. The van der Waals surface area contributed by atoms with Gasteiger partial charge in [0, 0.05) is 11.5 Å². The Labute approximate surface area is 105 Å². The molecule has 0 aromatic carbocycles. The molecule has 1 saturated carbocycles. The second-order valence-electron chi connectivity index (χ2n) is 4.94. The number of hydrogen-bond acceptors (Lipinski definition) is 4. The Morgan fingerprint density at radius 3 is 1.65 bits per heavy atom. The van der Waals surface area contributed by atoms with Gasteiger partial charge in [0.05, 0.1) is 0 Å². The highest BCUT2D eigenvalue weighted by molar-refractivity contribution is 8.10. The molecule has 0 heterocycles. The van der Waals surface area contributed by atoms with Crippen LogP contribution in [0.15, 0.2) is 0 Å². The maximum absolute atomic E-state index is 12.1. The molecule has 102 valence electrons. The van der Waals surface area contributed by atoms with Crippen LogP contribution in [-0.4, -0.2) is 32.4 Å². The quantitative estimate of drug-likeness (QED) is 0.744. The van der Waals surface area contributed by atoms with E-state index < -0.39 is 23.8 Å². The summed E-state index contributed by atoms with van der Waals surface area (Å²) in [5, 5.41) is 0. The molecule has 6 heteroatoms. The van der Waals surface area contributed by atoms with E-state index in [9.17, 15) is 16.8 Å². The van der Waals surface area contributed by atoms with Crippen molar-refractivity contribution < 1.29 is 16.8 Å². The van der Waals surface area contributed by atoms with Gasteiger partial charge in [0.15, 0.2) is 23.8 Å². The van der Waals surface area contributed by atoms with Crippen LogP contribution in [0.25, 0.3) is 0 Å². The van der Waals surface area contributed by atoms with Crippen LogP contribution in [0.4, 0.5) is 0 Å². The molecule has 0 saturated heterocycles. The van der Waals surface area contributed by atoms with Crippen molar-refractivity contribution in [1.29, 1.82) is 0 Å². The van der Waals surface area contributed by atoms with Crippen LogP contribution in [0.2, 0.25) is 0 Å². The molecule has 1 fully saturated rings. The van der Waals surface area contributed by atoms with Gasteiger partial charge in [0.1, 0.15) is 0 Å². The first kappa shape index (κ1) is 15.0. The third-order valence-electron chi connectivity index (χ3n) is 3.96. The van der Waals surface area contributed by atoms with Crippen molar-refractivity contribution in [1.82, 2.24) is 0 Å². The molecule has 0 aromatic rings. The van der Waals surface area contributed by atoms with Gasteiger partial charge in [-0.05, 0) is 19.3 Å². The van der Waals surface area contributed by atoms with Crippen molar-refractivity contribution in [2.75, 3.05) is 11.5 Å². The summed E-state index contributed by atoms with van der Waals surface area (Å²) in [5.41, 5.74) is 0. The van der Waals surface area contributed by atoms with Crippen LogP contribution in [0.1, 0.15) is 46.5 Å². The van der Waals surface area contributed by atoms with Gasteiger partial charge in [-0.15, -0.1) is 0 Å². The molecule has 0 atom stereocenters.